The summed E-state index contributed by atoms with van der Waals surface area (Å²) >= 11 is 0. The van der Waals surface area contributed by atoms with Crippen molar-refractivity contribution in [3.8, 4) is 0 Å². The first-order valence-electron chi connectivity index (χ1n) is 3.16. The molecule has 0 aromatic heterocycles. The summed E-state index contributed by atoms with van der Waals surface area (Å²) in [5.74, 6) is 0.741. The van der Waals surface area contributed by atoms with Crippen molar-refractivity contribution >= 4 is 29.6 Å². The van der Waals surface area contributed by atoms with Crippen LogP contribution >= 0.6 is 0 Å². The molecule has 0 atom stereocenters. The normalized spacial score (nSPS) is 15.7. The molecular weight excluding hydrogens is 119 g/mol. The maximum Gasteiger partial charge on any atom is 0 e. The van der Waals surface area contributed by atoms with E-state index in [1.54, 1.807) is 5.57 Å². The summed E-state index contributed by atoms with van der Waals surface area (Å²) in [5.41, 5.74) is 1.56. The monoisotopic (exact) mass is 131 g/mol. The van der Waals surface area contributed by atoms with Crippen molar-refractivity contribution < 1.29 is 0 Å². The summed E-state index contributed by atoms with van der Waals surface area (Å²) in [5, 5.41) is 0. The van der Waals surface area contributed by atoms with Crippen LogP contribution in [0.2, 0.25) is 0 Å². The first-order valence-corrected chi connectivity index (χ1v) is 3.16. The molecule has 45 valence electrons. The number of hydrogen-bond acceptors (Lipinski definition) is 0. The summed E-state index contributed by atoms with van der Waals surface area (Å²) in [6.07, 6.45) is 7.73. The zero-order valence-electron chi connectivity index (χ0n) is 6.52. The molecule has 0 aromatic rings. The molecule has 9 heavy (non-hydrogen) atoms. The van der Waals surface area contributed by atoms with Gasteiger partial charge in [-0.1, -0.05) is 37.6 Å². The van der Waals surface area contributed by atoms with Crippen molar-refractivity contribution in [3.63, 3.8) is 0 Å². The molecule has 0 aliphatic heterocycles. The van der Waals surface area contributed by atoms with Gasteiger partial charge in [0.2, 0.25) is 0 Å². The van der Waals surface area contributed by atoms with E-state index in [1.807, 2.05) is 0 Å². The smallest absolute Gasteiger partial charge is 0 e. The Hall–Kier alpha value is 0.480. The Morgan fingerprint density at radius 2 is 2.11 bits per heavy atom. The molecule has 0 aromatic carbocycles. The van der Waals surface area contributed by atoms with Crippen LogP contribution in [-0.2, 0) is 0 Å². The van der Waals surface area contributed by atoms with E-state index in [0.717, 1.165) is 5.92 Å². The van der Waals surface area contributed by atoms with Gasteiger partial charge in [0.15, 0.2) is 0 Å². The van der Waals surface area contributed by atoms with Crippen molar-refractivity contribution in [2.45, 2.75) is 20.3 Å². The minimum absolute atomic E-state index is 0. The largest absolute Gasteiger partial charge is 0.0805 e. The molecule has 0 saturated heterocycles. The Labute approximate surface area is 79.3 Å². The van der Waals surface area contributed by atoms with E-state index in [4.69, 9.17) is 0 Å². The van der Waals surface area contributed by atoms with Gasteiger partial charge in [0.1, 0.15) is 0 Å². The van der Waals surface area contributed by atoms with Gasteiger partial charge < -0.3 is 0 Å². The fourth-order valence-electron chi connectivity index (χ4n) is 0.892. The summed E-state index contributed by atoms with van der Waals surface area (Å²) in [4.78, 5) is 0. The van der Waals surface area contributed by atoms with Gasteiger partial charge in [0.05, 0.1) is 0 Å². The first-order chi connectivity index (χ1) is 3.80. The number of rotatable bonds is 1. The van der Waals surface area contributed by atoms with E-state index in [-0.39, 0.29) is 29.6 Å². The second-order valence-electron chi connectivity index (χ2n) is 2.53. The molecule has 0 heterocycles. The predicted molar refractivity (Wildman–Crippen MR) is 42.4 cm³/mol. The third-order valence-corrected chi connectivity index (χ3v) is 1.54. The van der Waals surface area contributed by atoms with Crippen molar-refractivity contribution in [3.05, 3.63) is 23.8 Å². The third-order valence-electron chi connectivity index (χ3n) is 1.54. The van der Waals surface area contributed by atoms with E-state index < -0.39 is 0 Å². The van der Waals surface area contributed by atoms with Gasteiger partial charge in [0, 0.05) is 29.6 Å². The van der Waals surface area contributed by atoms with Crippen LogP contribution in [0.1, 0.15) is 20.3 Å². The molecule has 1 rings (SSSR count). The van der Waals surface area contributed by atoms with E-state index in [9.17, 15) is 0 Å². The molecule has 1 heteroatoms. The first kappa shape index (κ1) is 9.48. The maximum absolute atomic E-state index is 2.23. The number of allylic oxidation sites excluding steroid dienone is 4. The summed E-state index contributed by atoms with van der Waals surface area (Å²) < 4.78 is 0. The van der Waals surface area contributed by atoms with Crippen LogP contribution in [0.3, 0.4) is 0 Å². The minimum Gasteiger partial charge on any atom is -0.0805 e. The minimum atomic E-state index is 0. The molecule has 0 bridgehead atoms. The fraction of sp³-hybridized carbons (Fsp3) is 0.500. The molecule has 0 nitrogen and oxygen atoms in total. The molecule has 0 fully saturated rings. The van der Waals surface area contributed by atoms with Crippen LogP contribution in [0.25, 0.3) is 0 Å². The van der Waals surface area contributed by atoms with Gasteiger partial charge in [-0.3, -0.25) is 0 Å². The SMILES string of the molecule is CC(C)C1=CC=CC1.[Na]. The van der Waals surface area contributed by atoms with Crippen molar-refractivity contribution in [1.29, 1.82) is 0 Å². The average molecular weight is 131 g/mol. The molecule has 1 radical (unpaired) electrons. The zero-order valence-corrected chi connectivity index (χ0v) is 8.52. The van der Waals surface area contributed by atoms with E-state index in [0.29, 0.717) is 0 Å². The Morgan fingerprint density at radius 3 is 2.33 bits per heavy atom. The summed E-state index contributed by atoms with van der Waals surface area (Å²) in [6, 6.07) is 0. The van der Waals surface area contributed by atoms with Crippen molar-refractivity contribution in [2.75, 3.05) is 0 Å². The van der Waals surface area contributed by atoms with Crippen LogP contribution < -0.4 is 0 Å². The number of hydrogen-bond donors (Lipinski definition) is 0. The Kier molecular flexibility index (Phi) is 4.55. The van der Waals surface area contributed by atoms with Gasteiger partial charge in [-0.25, -0.2) is 0 Å². The van der Waals surface area contributed by atoms with Gasteiger partial charge in [-0.2, -0.15) is 0 Å². The standard InChI is InChI=1S/C8H12.Na/c1-7(2)8-5-3-4-6-8;/h3-5,7H,6H2,1-2H3;. The van der Waals surface area contributed by atoms with Crippen LogP contribution in [0.15, 0.2) is 23.8 Å². The van der Waals surface area contributed by atoms with Crippen LogP contribution in [-0.4, -0.2) is 29.6 Å². The topological polar surface area (TPSA) is 0 Å². The Balaban J connectivity index is 0.000000640. The Bertz CT molecular complexity index is 132. The predicted octanol–water partition coefficient (Wildman–Crippen LogP) is 2.15. The quantitative estimate of drug-likeness (QED) is 0.478. The second kappa shape index (κ2) is 4.32. The van der Waals surface area contributed by atoms with E-state index >= 15 is 0 Å². The molecular formula is C8H12Na. The van der Waals surface area contributed by atoms with Gasteiger partial charge in [0.25, 0.3) is 0 Å². The van der Waals surface area contributed by atoms with Crippen molar-refractivity contribution in [1.82, 2.24) is 0 Å². The van der Waals surface area contributed by atoms with Crippen LogP contribution in [0.5, 0.6) is 0 Å². The second-order valence-corrected chi connectivity index (χ2v) is 2.53. The van der Waals surface area contributed by atoms with Crippen LogP contribution in [0, 0.1) is 5.92 Å². The van der Waals surface area contributed by atoms with E-state index in [2.05, 4.69) is 32.1 Å². The molecule has 1 aliphatic rings. The van der Waals surface area contributed by atoms with Gasteiger partial charge in [-0.15, -0.1) is 0 Å². The molecule has 1 aliphatic carbocycles. The van der Waals surface area contributed by atoms with Crippen molar-refractivity contribution in [2.24, 2.45) is 5.92 Å². The van der Waals surface area contributed by atoms with Gasteiger partial charge >= 0.3 is 0 Å². The summed E-state index contributed by atoms with van der Waals surface area (Å²) in [7, 11) is 0. The molecule has 0 N–H and O–H groups in total. The zero-order chi connectivity index (χ0) is 5.98. The van der Waals surface area contributed by atoms with E-state index in [1.165, 1.54) is 6.42 Å². The maximum atomic E-state index is 2.23. The average Bonchev–Trinajstić information content (AvgIpc) is 2.12. The third kappa shape index (κ3) is 2.70. The molecule has 0 amide bonds. The van der Waals surface area contributed by atoms with Crippen LogP contribution in [0.4, 0.5) is 0 Å². The molecule has 0 saturated carbocycles. The Morgan fingerprint density at radius 1 is 1.44 bits per heavy atom. The fourth-order valence-corrected chi connectivity index (χ4v) is 0.892. The molecule has 0 spiro atoms. The van der Waals surface area contributed by atoms with Gasteiger partial charge in [-0.05, 0) is 12.3 Å². The summed E-state index contributed by atoms with van der Waals surface area (Å²) in [6.45, 7) is 4.47. The molecule has 0 unspecified atom stereocenters.